The highest BCUT2D eigenvalue weighted by Gasteiger charge is 2.20. The number of rotatable bonds is 8. The number of amides is 1. The summed E-state index contributed by atoms with van der Waals surface area (Å²) in [6.45, 7) is 5.24. The predicted molar refractivity (Wildman–Crippen MR) is 105 cm³/mol. The Morgan fingerprint density at radius 1 is 1.11 bits per heavy atom. The first-order valence-corrected chi connectivity index (χ1v) is 10.3. The molecule has 0 unspecified atom stereocenters. The summed E-state index contributed by atoms with van der Waals surface area (Å²) in [5, 5.41) is 2.81. The molecule has 6 nitrogen and oxygen atoms in total. The highest BCUT2D eigenvalue weighted by Crippen LogP contribution is 2.28. The van der Waals surface area contributed by atoms with Gasteiger partial charge in [0, 0.05) is 12.1 Å². The number of halogens is 1. The summed E-state index contributed by atoms with van der Waals surface area (Å²) in [5.41, 5.74) is 0.850. The van der Waals surface area contributed by atoms with E-state index < -0.39 is 16.1 Å². The van der Waals surface area contributed by atoms with Gasteiger partial charge in [0.1, 0.15) is 5.75 Å². The zero-order valence-electron chi connectivity index (χ0n) is 15.4. The van der Waals surface area contributed by atoms with Crippen molar-refractivity contribution in [3.63, 3.8) is 0 Å². The molecule has 0 spiro atoms. The lowest BCUT2D eigenvalue weighted by Crippen LogP contribution is -2.34. The average molecular weight is 411 g/mol. The molecule has 2 aromatic carbocycles. The molecule has 2 rings (SSSR count). The maximum Gasteiger partial charge on any atom is 0.258 e. The van der Waals surface area contributed by atoms with E-state index in [2.05, 4.69) is 10.0 Å². The van der Waals surface area contributed by atoms with Crippen molar-refractivity contribution < 1.29 is 17.9 Å². The topological polar surface area (TPSA) is 84.5 Å². The zero-order valence-corrected chi connectivity index (χ0v) is 17.0. The minimum atomic E-state index is -3.76. The van der Waals surface area contributed by atoms with Crippen molar-refractivity contribution in [2.45, 2.75) is 37.8 Å². The number of nitrogens with one attached hydrogen (secondary N) is 2. The highest BCUT2D eigenvalue weighted by molar-refractivity contribution is 7.89. The van der Waals surface area contributed by atoms with Crippen LogP contribution in [0.5, 0.6) is 5.75 Å². The van der Waals surface area contributed by atoms with Crippen LogP contribution in [0.1, 0.15) is 32.4 Å². The summed E-state index contributed by atoms with van der Waals surface area (Å²) in [7, 11) is -3.76. The van der Waals surface area contributed by atoms with Gasteiger partial charge in [-0.3, -0.25) is 4.79 Å². The summed E-state index contributed by atoms with van der Waals surface area (Å²) in [6.07, 6.45) is 0. The van der Waals surface area contributed by atoms with Gasteiger partial charge < -0.3 is 10.1 Å². The Morgan fingerprint density at radius 2 is 1.78 bits per heavy atom. The molecule has 0 saturated heterocycles. The summed E-state index contributed by atoms with van der Waals surface area (Å²) < 4.78 is 33.2. The fourth-order valence-corrected chi connectivity index (χ4v) is 3.94. The zero-order chi connectivity index (χ0) is 20.0. The molecular formula is C19H23ClN2O4S. The van der Waals surface area contributed by atoms with E-state index in [1.54, 1.807) is 6.92 Å². The van der Waals surface area contributed by atoms with Gasteiger partial charge in [0.25, 0.3) is 5.91 Å². The second kappa shape index (κ2) is 9.21. The number of hydrogen-bond acceptors (Lipinski definition) is 4. The van der Waals surface area contributed by atoms with E-state index in [-0.39, 0.29) is 34.2 Å². The number of hydrogen-bond donors (Lipinski definition) is 2. The molecule has 8 heteroatoms. The van der Waals surface area contributed by atoms with Crippen LogP contribution in [0.3, 0.4) is 0 Å². The molecule has 0 heterocycles. The van der Waals surface area contributed by atoms with Crippen molar-refractivity contribution in [2.75, 3.05) is 6.61 Å². The lowest BCUT2D eigenvalue weighted by Gasteiger charge is -2.15. The number of sulfonamides is 1. The molecule has 2 aromatic rings. The Labute approximate surface area is 164 Å². The third-order valence-electron chi connectivity index (χ3n) is 3.65. The molecule has 0 fully saturated rings. The highest BCUT2D eigenvalue weighted by atomic mass is 35.5. The predicted octanol–water partition coefficient (Wildman–Crippen LogP) is 3.28. The van der Waals surface area contributed by atoms with Gasteiger partial charge in [-0.1, -0.05) is 41.9 Å². The average Bonchev–Trinajstić information content (AvgIpc) is 2.60. The monoisotopic (exact) mass is 410 g/mol. The van der Waals surface area contributed by atoms with Crippen molar-refractivity contribution >= 4 is 27.5 Å². The molecule has 0 bridgehead atoms. The Hall–Kier alpha value is -2.09. The third-order valence-corrected chi connectivity index (χ3v) is 5.49. The minimum absolute atomic E-state index is 0.00164. The van der Waals surface area contributed by atoms with Crippen LogP contribution >= 0.6 is 11.6 Å². The van der Waals surface area contributed by atoms with E-state index in [1.165, 1.54) is 18.2 Å². The minimum Gasteiger partial charge on any atom is -0.482 e. The van der Waals surface area contributed by atoms with Crippen LogP contribution in [0.15, 0.2) is 53.4 Å². The molecule has 0 aliphatic heterocycles. The van der Waals surface area contributed by atoms with Crippen molar-refractivity contribution in [2.24, 2.45) is 0 Å². The van der Waals surface area contributed by atoms with Gasteiger partial charge in [-0.25, -0.2) is 13.1 Å². The third kappa shape index (κ3) is 6.23. The van der Waals surface area contributed by atoms with Gasteiger partial charge >= 0.3 is 0 Å². The van der Waals surface area contributed by atoms with Gasteiger partial charge in [0.05, 0.1) is 9.92 Å². The number of ether oxygens (including phenoxy) is 1. The lowest BCUT2D eigenvalue weighted by atomic mass is 10.1. The number of carbonyl (C=O) groups excluding carboxylic acids is 1. The number of benzene rings is 2. The van der Waals surface area contributed by atoms with Crippen molar-refractivity contribution in [1.29, 1.82) is 0 Å². The molecule has 1 atom stereocenters. The maximum atomic E-state index is 12.6. The van der Waals surface area contributed by atoms with Crippen LogP contribution in [0.25, 0.3) is 0 Å². The van der Waals surface area contributed by atoms with Gasteiger partial charge in [-0.05, 0) is 44.5 Å². The summed E-state index contributed by atoms with van der Waals surface area (Å²) in [4.78, 5) is 11.7. The fraction of sp³-hybridized carbons (Fsp3) is 0.316. The van der Waals surface area contributed by atoms with E-state index in [1.807, 2.05) is 44.2 Å². The second-order valence-corrected chi connectivity index (χ2v) is 8.48. The van der Waals surface area contributed by atoms with Crippen LogP contribution < -0.4 is 14.8 Å². The molecule has 0 saturated carbocycles. The van der Waals surface area contributed by atoms with Gasteiger partial charge in [0.2, 0.25) is 10.0 Å². The van der Waals surface area contributed by atoms with E-state index in [9.17, 15) is 13.2 Å². The van der Waals surface area contributed by atoms with Crippen LogP contribution in [0.4, 0.5) is 0 Å². The molecule has 0 aliphatic rings. The molecule has 0 aromatic heterocycles. The molecule has 0 radical (unpaired) electrons. The van der Waals surface area contributed by atoms with E-state index in [4.69, 9.17) is 16.3 Å². The molecule has 2 N–H and O–H groups in total. The van der Waals surface area contributed by atoms with Crippen molar-refractivity contribution in [3.05, 3.63) is 59.1 Å². The first-order chi connectivity index (χ1) is 12.7. The summed E-state index contributed by atoms with van der Waals surface area (Å²) in [5.74, 6) is -0.0400. The lowest BCUT2D eigenvalue weighted by molar-refractivity contribution is -0.123. The van der Waals surface area contributed by atoms with E-state index in [0.29, 0.717) is 0 Å². The van der Waals surface area contributed by atoms with Gasteiger partial charge in [0.15, 0.2) is 6.61 Å². The maximum absolute atomic E-state index is 12.6. The van der Waals surface area contributed by atoms with Gasteiger partial charge in [-0.2, -0.15) is 0 Å². The quantitative estimate of drug-likeness (QED) is 0.699. The van der Waals surface area contributed by atoms with Crippen LogP contribution in [-0.2, 0) is 14.8 Å². The Balaban J connectivity index is 2.08. The molecule has 1 amide bonds. The smallest absolute Gasteiger partial charge is 0.258 e. The van der Waals surface area contributed by atoms with Crippen molar-refractivity contribution in [1.82, 2.24) is 10.0 Å². The Bertz CT molecular complexity index is 886. The standard InChI is InChI=1S/C19H23ClN2O4S/c1-13(2)21-19(23)12-26-18-10-9-16(11-17(18)20)27(24,25)22-14(3)15-7-5-4-6-8-15/h4-11,13-14,22H,12H2,1-3H3,(H,21,23)/t14-/m1/s1. The van der Waals surface area contributed by atoms with E-state index >= 15 is 0 Å². The fourth-order valence-electron chi connectivity index (χ4n) is 2.38. The van der Waals surface area contributed by atoms with Crippen LogP contribution in [0.2, 0.25) is 5.02 Å². The Morgan fingerprint density at radius 3 is 2.37 bits per heavy atom. The van der Waals surface area contributed by atoms with Crippen LogP contribution in [-0.4, -0.2) is 27.0 Å². The van der Waals surface area contributed by atoms with Gasteiger partial charge in [-0.15, -0.1) is 0 Å². The van der Waals surface area contributed by atoms with Crippen LogP contribution in [0, 0.1) is 0 Å². The number of carbonyl (C=O) groups is 1. The second-order valence-electron chi connectivity index (χ2n) is 6.36. The largest absolute Gasteiger partial charge is 0.482 e. The summed E-state index contributed by atoms with van der Waals surface area (Å²) in [6, 6.07) is 13.0. The Kier molecular flexibility index (Phi) is 7.24. The molecule has 0 aliphatic carbocycles. The first kappa shape index (κ1) is 21.2. The first-order valence-electron chi connectivity index (χ1n) is 8.48. The summed E-state index contributed by atoms with van der Waals surface area (Å²) >= 11 is 6.13. The van der Waals surface area contributed by atoms with Crippen molar-refractivity contribution in [3.8, 4) is 5.75 Å². The molecule has 146 valence electrons. The van der Waals surface area contributed by atoms with E-state index in [0.717, 1.165) is 5.56 Å². The SMILES string of the molecule is CC(C)NC(=O)COc1ccc(S(=O)(=O)N[C@H](C)c2ccccc2)cc1Cl. The molecular weight excluding hydrogens is 388 g/mol. The normalized spacial score (nSPS) is 12.6. The molecule has 27 heavy (non-hydrogen) atoms.